The number of hydrogen-bond acceptors (Lipinski definition) is 5. The fourth-order valence-corrected chi connectivity index (χ4v) is 7.25. The molecule has 0 saturated carbocycles. The van der Waals surface area contributed by atoms with Crippen LogP contribution >= 0.6 is 11.8 Å². The number of nitrogens with zero attached hydrogens (tertiary/aromatic N) is 2. The number of para-hydroxylation sites is 1. The van der Waals surface area contributed by atoms with Crippen molar-refractivity contribution in [2.75, 3.05) is 23.0 Å². The van der Waals surface area contributed by atoms with Crippen LogP contribution in [0.25, 0.3) is 0 Å². The molecule has 2 saturated heterocycles. The van der Waals surface area contributed by atoms with E-state index in [2.05, 4.69) is 4.99 Å². The zero-order valence-electron chi connectivity index (χ0n) is 15.0. The number of carbonyl (C=O) groups is 1. The summed E-state index contributed by atoms with van der Waals surface area (Å²) in [4.78, 5) is 17.7. The van der Waals surface area contributed by atoms with Gasteiger partial charge in [-0.3, -0.25) is 4.79 Å². The molecule has 4 rings (SSSR count). The number of halogens is 2. The Morgan fingerprint density at radius 3 is 2.66 bits per heavy atom. The van der Waals surface area contributed by atoms with Crippen LogP contribution in [0.4, 0.5) is 14.5 Å². The second kappa shape index (κ2) is 7.75. The fourth-order valence-electron chi connectivity index (χ4n) is 3.32. The summed E-state index contributed by atoms with van der Waals surface area (Å²) >= 11 is 1.11. The van der Waals surface area contributed by atoms with Crippen molar-refractivity contribution in [2.45, 2.75) is 11.3 Å². The first kappa shape index (κ1) is 19.8. The van der Waals surface area contributed by atoms with E-state index in [0.717, 1.165) is 17.8 Å². The standard InChI is InChI=1S/C19H16F2N2O4S2/c20-12-6-7-15(14(21)8-12)23-16-10-29(25,26)11-17(16)28-19(23)22-18(24)9-27-13-4-2-1-3-5-13/h1-8,16-17H,9-11H2/t16-,17+/m0/s1. The van der Waals surface area contributed by atoms with E-state index in [1.54, 1.807) is 24.3 Å². The third kappa shape index (κ3) is 4.27. The highest BCUT2D eigenvalue weighted by Gasteiger charge is 2.50. The van der Waals surface area contributed by atoms with Crippen LogP contribution in [-0.2, 0) is 14.6 Å². The van der Waals surface area contributed by atoms with E-state index in [0.29, 0.717) is 11.8 Å². The average molecular weight is 438 g/mol. The lowest BCUT2D eigenvalue weighted by molar-refractivity contribution is -0.119. The summed E-state index contributed by atoms with van der Waals surface area (Å²) < 4.78 is 57.2. The number of rotatable bonds is 4. The van der Waals surface area contributed by atoms with Gasteiger partial charge in [-0.15, -0.1) is 0 Å². The predicted molar refractivity (Wildman–Crippen MR) is 107 cm³/mol. The number of aliphatic imine (C=N–C) groups is 1. The molecular weight excluding hydrogens is 422 g/mol. The Morgan fingerprint density at radius 2 is 1.93 bits per heavy atom. The number of anilines is 1. The molecule has 152 valence electrons. The van der Waals surface area contributed by atoms with Gasteiger partial charge in [0.15, 0.2) is 21.6 Å². The Kier molecular flexibility index (Phi) is 5.30. The lowest BCUT2D eigenvalue weighted by Crippen LogP contribution is -2.38. The van der Waals surface area contributed by atoms with Crippen LogP contribution in [0.5, 0.6) is 5.75 Å². The fraction of sp³-hybridized carbons (Fsp3) is 0.263. The third-order valence-corrected chi connectivity index (χ3v) is 7.77. The number of fused-ring (bicyclic) bond motifs is 1. The highest BCUT2D eigenvalue weighted by Crippen LogP contribution is 2.41. The van der Waals surface area contributed by atoms with Crippen LogP contribution in [0, 0.1) is 11.6 Å². The van der Waals surface area contributed by atoms with Gasteiger partial charge in [0.25, 0.3) is 5.91 Å². The van der Waals surface area contributed by atoms with E-state index >= 15 is 0 Å². The first-order valence-electron chi connectivity index (χ1n) is 8.73. The molecule has 29 heavy (non-hydrogen) atoms. The molecule has 2 atom stereocenters. The summed E-state index contributed by atoms with van der Waals surface area (Å²) in [5, 5.41) is -0.201. The number of amides is 1. The molecule has 0 aliphatic carbocycles. The van der Waals surface area contributed by atoms with Crippen LogP contribution in [0.15, 0.2) is 53.5 Å². The molecule has 1 amide bonds. The van der Waals surface area contributed by atoms with Crippen molar-refractivity contribution in [3.05, 3.63) is 60.2 Å². The Hall–Kier alpha value is -2.46. The number of carbonyl (C=O) groups excluding carboxylic acids is 1. The van der Waals surface area contributed by atoms with E-state index in [1.165, 1.54) is 11.0 Å². The zero-order chi connectivity index (χ0) is 20.6. The van der Waals surface area contributed by atoms with Gasteiger partial charge in [-0.05, 0) is 24.3 Å². The minimum Gasteiger partial charge on any atom is -0.484 e. The van der Waals surface area contributed by atoms with E-state index in [1.807, 2.05) is 6.07 Å². The largest absolute Gasteiger partial charge is 0.484 e. The van der Waals surface area contributed by atoms with Crippen LogP contribution in [0.2, 0.25) is 0 Å². The van der Waals surface area contributed by atoms with E-state index in [4.69, 9.17) is 4.74 Å². The summed E-state index contributed by atoms with van der Waals surface area (Å²) in [6.07, 6.45) is 0. The van der Waals surface area contributed by atoms with E-state index in [-0.39, 0.29) is 34.2 Å². The number of ether oxygens (including phenoxy) is 1. The van der Waals surface area contributed by atoms with Crippen molar-refractivity contribution < 1.29 is 26.7 Å². The molecule has 6 nitrogen and oxygen atoms in total. The van der Waals surface area contributed by atoms with Gasteiger partial charge in [0.2, 0.25) is 0 Å². The maximum absolute atomic E-state index is 14.4. The summed E-state index contributed by atoms with van der Waals surface area (Å²) in [5.74, 6) is -1.96. The molecule has 2 heterocycles. The van der Waals surface area contributed by atoms with Gasteiger partial charge in [0, 0.05) is 11.3 Å². The highest BCUT2D eigenvalue weighted by atomic mass is 32.2. The van der Waals surface area contributed by atoms with Gasteiger partial charge in [-0.25, -0.2) is 17.2 Å². The van der Waals surface area contributed by atoms with E-state index < -0.39 is 33.4 Å². The number of amidine groups is 1. The first-order valence-corrected chi connectivity index (χ1v) is 11.4. The normalized spacial score (nSPS) is 23.9. The van der Waals surface area contributed by atoms with Crippen LogP contribution in [0.3, 0.4) is 0 Å². The summed E-state index contributed by atoms with van der Waals surface area (Å²) in [6, 6.07) is 11.2. The van der Waals surface area contributed by atoms with Gasteiger partial charge in [0.1, 0.15) is 17.4 Å². The van der Waals surface area contributed by atoms with Gasteiger partial charge in [-0.1, -0.05) is 30.0 Å². The lowest BCUT2D eigenvalue weighted by Gasteiger charge is -2.24. The number of thioether (sulfide) groups is 1. The smallest absolute Gasteiger partial charge is 0.285 e. The van der Waals surface area contributed by atoms with Crippen LogP contribution in [-0.4, -0.2) is 48.9 Å². The maximum Gasteiger partial charge on any atom is 0.285 e. The van der Waals surface area contributed by atoms with Crippen molar-refractivity contribution >= 4 is 38.4 Å². The van der Waals surface area contributed by atoms with Gasteiger partial charge in [0.05, 0.1) is 23.2 Å². The molecule has 0 N–H and O–H groups in total. The average Bonchev–Trinajstić information content (AvgIpc) is 3.12. The van der Waals surface area contributed by atoms with Crippen molar-refractivity contribution in [1.29, 1.82) is 0 Å². The molecule has 10 heteroatoms. The molecule has 2 fully saturated rings. The molecule has 2 aromatic carbocycles. The number of hydrogen-bond donors (Lipinski definition) is 0. The second-order valence-electron chi connectivity index (χ2n) is 6.66. The molecule has 0 aromatic heterocycles. The molecule has 0 spiro atoms. The van der Waals surface area contributed by atoms with Gasteiger partial charge < -0.3 is 9.64 Å². The SMILES string of the molecule is O=C(COc1ccccc1)N=C1S[C@@H]2CS(=O)(=O)C[C@@H]2N1c1ccc(F)cc1F. The number of benzene rings is 2. The molecule has 0 bridgehead atoms. The zero-order valence-corrected chi connectivity index (χ0v) is 16.6. The first-order chi connectivity index (χ1) is 13.8. The van der Waals surface area contributed by atoms with Gasteiger partial charge in [-0.2, -0.15) is 4.99 Å². The molecular formula is C19H16F2N2O4S2. The Morgan fingerprint density at radius 1 is 1.17 bits per heavy atom. The summed E-state index contributed by atoms with van der Waals surface area (Å²) in [5.41, 5.74) is -0.0148. The van der Waals surface area contributed by atoms with Crippen molar-refractivity contribution in [2.24, 2.45) is 4.99 Å². The van der Waals surface area contributed by atoms with Crippen molar-refractivity contribution in [3.63, 3.8) is 0 Å². The molecule has 2 aliphatic rings. The monoisotopic (exact) mass is 438 g/mol. The maximum atomic E-state index is 14.4. The molecule has 2 aliphatic heterocycles. The Balaban J connectivity index is 1.60. The molecule has 0 radical (unpaired) electrons. The minimum absolute atomic E-state index is 0.0148. The third-order valence-electron chi connectivity index (χ3n) is 4.56. The minimum atomic E-state index is -3.29. The quantitative estimate of drug-likeness (QED) is 0.731. The topological polar surface area (TPSA) is 76.0 Å². The molecule has 2 aromatic rings. The number of sulfone groups is 1. The van der Waals surface area contributed by atoms with Crippen LogP contribution < -0.4 is 9.64 Å². The second-order valence-corrected chi connectivity index (χ2v) is 10.0. The predicted octanol–water partition coefficient (Wildman–Crippen LogP) is 2.65. The van der Waals surface area contributed by atoms with Crippen molar-refractivity contribution in [3.8, 4) is 5.75 Å². The Labute approximate surface area is 170 Å². The van der Waals surface area contributed by atoms with Crippen molar-refractivity contribution in [1.82, 2.24) is 0 Å². The summed E-state index contributed by atoms with van der Waals surface area (Å²) in [7, 11) is -3.29. The molecule has 0 unspecified atom stereocenters. The highest BCUT2D eigenvalue weighted by molar-refractivity contribution is 8.16. The van der Waals surface area contributed by atoms with E-state index in [9.17, 15) is 22.0 Å². The summed E-state index contributed by atoms with van der Waals surface area (Å²) in [6.45, 7) is -0.318. The Bertz CT molecular complexity index is 1080. The lowest BCUT2D eigenvalue weighted by atomic mass is 10.2. The van der Waals surface area contributed by atoms with Crippen LogP contribution in [0.1, 0.15) is 0 Å². The van der Waals surface area contributed by atoms with Gasteiger partial charge >= 0.3 is 0 Å².